The average Bonchev–Trinajstić information content (AvgIpc) is 2.86. The van der Waals surface area contributed by atoms with E-state index in [1.165, 1.54) is 17.1 Å². The normalized spacial score (nSPS) is 17.1. The number of hydrogen-bond acceptors (Lipinski definition) is 8. The van der Waals surface area contributed by atoms with Crippen LogP contribution in [-0.2, 0) is 10.2 Å². The Morgan fingerprint density at radius 2 is 1.84 bits per heavy atom. The minimum Gasteiger partial charge on any atom is -0.473 e. The molecule has 0 unspecified atom stereocenters. The van der Waals surface area contributed by atoms with Crippen LogP contribution in [0, 0.1) is 6.92 Å². The lowest BCUT2D eigenvalue weighted by Crippen LogP contribution is -2.31. The van der Waals surface area contributed by atoms with Gasteiger partial charge in [-0.2, -0.15) is 13.1 Å². The fraction of sp³-hybridized carbons (Fsp3) is 0.300. The second-order valence-corrected chi connectivity index (χ2v) is 7.96. The van der Waals surface area contributed by atoms with Gasteiger partial charge in [-0.15, -0.1) is 0 Å². The third-order valence-electron chi connectivity index (χ3n) is 3.39. The van der Waals surface area contributed by atoms with Gasteiger partial charge in [-0.05, 0) is 36.5 Å². The number of anilines is 1. The van der Waals surface area contributed by atoms with Crippen molar-refractivity contribution < 1.29 is 31.6 Å². The first-order valence-corrected chi connectivity index (χ1v) is 11.0. The standard InChI is InChI=1S/C20H23BrN6O4S/c1-3-8-26-32(28,29)27-18-17(15-4-6-16(21)7-5-15)19(25-13-24-18)30-9-10-31-20-22-11-14(2)12-23-20/h4-7,11-13,26H,3,8-10H2,1-2H3,(H,24,25,27)/i3D2,4D,5D,6D,7D,8D2,10D2. The van der Waals surface area contributed by atoms with E-state index in [4.69, 9.17) is 23.2 Å². The predicted molar refractivity (Wildman–Crippen MR) is 124 cm³/mol. The fourth-order valence-corrected chi connectivity index (χ4v) is 3.00. The Kier molecular flexibility index (Phi) is 4.76. The summed E-state index contributed by atoms with van der Waals surface area (Å²) >= 11 is 2.96. The molecule has 2 N–H and O–H groups in total. The molecule has 10 nitrogen and oxygen atoms in total. The fourth-order valence-electron chi connectivity index (χ4n) is 2.10. The first-order valence-electron chi connectivity index (χ1n) is 13.7. The molecule has 2 heterocycles. The predicted octanol–water partition coefficient (Wildman–Crippen LogP) is 3.12. The summed E-state index contributed by atoms with van der Waals surface area (Å²) < 4.78 is 120. The first-order chi connectivity index (χ1) is 19.2. The van der Waals surface area contributed by atoms with Gasteiger partial charge in [-0.1, -0.05) is 34.9 Å². The van der Waals surface area contributed by atoms with Gasteiger partial charge in [-0.3, -0.25) is 4.72 Å². The van der Waals surface area contributed by atoms with Crippen LogP contribution in [0.2, 0.25) is 0 Å². The Morgan fingerprint density at radius 3 is 2.53 bits per heavy atom. The second kappa shape index (κ2) is 11.2. The quantitative estimate of drug-likeness (QED) is 0.385. The Bertz CT molecular complexity index is 1560. The number of aromatic nitrogens is 4. The maximum absolute atomic E-state index is 12.9. The highest BCUT2D eigenvalue weighted by Gasteiger charge is 2.19. The van der Waals surface area contributed by atoms with Crippen molar-refractivity contribution in [2.24, 2.45) is 0 Å². The van der Waals surface area contributed by atoms with Gasteiger partial charge in [0.1, 0.15) is 19.5 Å². The van der Waals surface area contributed by atoms with Crippen molar-refractivity contribution in [3.63, 3.8) is 0 Å². The molecule has 12 heteroatoms. The van der Waals surface area contributed by atoms with Crippen LogP contribution in [0.5, 0.6) is 11.9 Å². The highest BCUT2D eigenvalue weighted by molar-refractivity contribution is 9.10. The van der Waals surface area contributed by atoms with E-state index >= 15 is 0 Å². The van der Waals surface area contributed by atoms with Gasteiger partial charge in [0.2, 0.25) is 5.88 Å². The lowest BCUT2D eigenvalue weighted by molar-refractivity contribution is 0.202. The topological polar surface area (TPSA) is 128 Å². The number of benzene rings is 1. The molecule has 2 aromatic heterocycles. The van der Waals surface area contributed by atoms with E-state index in [1.54, 1.807) is 6.92 Å². The minimum atomic E-state index is -4.97. The molecule has 32 heavy (non-hydrogen) atoms. The summed E-state index contributed by atoms with van der Waals surface area (Å²) in [6.45, 7) is -4.12. The van der Waals surface area contributed by atoms with Crippen molar-refractivity contribution in [2.45, 2.75) is 20.2 Å². The smallest absolute Gasteiger partial charge is 0.316 e. The van der Waals surface area contributed by atoms with Crippen molar-refractivity contribution in [1.29, 1.82) is 0 Å². The molecule has 0 fully saturated rings. The Labute approximate surface area is 209 Å². The van der Waals surface area contributed by atoms with E-state index in [9.17, 15) is 8.42 Å². The summed E-state index contributed by atoms with van der Waals surface area (Å²) in [6, 6.07) is -2.79. The minimum absolute atomic E-state index is 0.203. The Hall–Kier alpha value is -2.83. The van der Waals surface area contributed by atoms with Crippen molar-refractivity contribution in [1.82, 2.24) is 24.7 Å². The zero-order valence-corrected chi connectivity index (χ0v) is 19.0. The van der Waals surface area contributed by atoms with Gasteiger partial charge < -0.3 is 9.47 Å². The maximum Gasteiger partial charge on any atom is 0.316 e. The van der Waals surface area contributed by atoms with Gasteiger partial charge in [0, 0.05) is 28.8 Å². The number of nitrogens with zero attached hydrogens (tertiary/aromatic N) is 4. The molecule has 1 aromatic carbocycles. The van der Waals surface area contributed by atoms with Crippen LogP contribution in [0.3, 0.4) is 0 Å². The van der Waals surface area contributed by atoms with Crippen molar-refractivity contribution in [3.8, 4) is 23.0 Å². The van der Waals surface area contributed by atoms with Gasteiger partial charge in [0.25, 0.3) is 10.2 Å². The third kappa shape index (κ3) is 6.84. The summed E-state index contributed by atoms with van der Waals surface area (Å²) in [4.78, 5) is 15.4. The second-order valence-electron chi connectivity index (χ2n) is 5.75. The Morgan fingerprint density at radius 1 is 1.12 bits per heavy atom. The molecule has 3 aromatic rings. The molecule has 0 saturated carbocycles. The van der Waals surface area contributed by atoms with E-state index < -0.39 is 83.2 Å². The number of halogens is 1. The van der Waals surface area contributed by atoms with Gasteiger partial charge >= 0.3 is 6.01 Å². The third-order valence-corrected chi connectivity index (χ3v) is 4.62. The van der Waals surface area contributed by atoms with Crippen LogP contribution in [0.25, 0.3) is 11.1 Å². The highest BCUT2D eigenvalue weighted by Crippen LogP contribution is 2.34. The summed E-state index contributed by atoms with van der Waals surface area (Å²) in [5.41, 5.74) is -0.416. The maximum atomic E-state index is 12.9. The average molecular weight is 533 g/mol. The number of hydrogen-bond donors (Lipinski definition) is 2. The number of nitrogens with one attached hydrogen (secondary N) is 2. The van der Waals surface area contributed by atoms with E-state index in [1.807, 2.05) is 4.72 Å². The Balaban J connectivity index is 2.12. The molecule has 3 rings (SSSR count). The van der Waals surface area contributed by atoms with Crippen LogP contribution in [0.4, 0.5) is 5.82 Å². The summed E-state index contributed by atoms with van der Waals surface area (Å²) in [6.07, 6.45) is 0.873. The SMILES string of the molecule is [2H]c1c([2H])c(-c2c(NS(=O)(=O)NC([2H])([2H])C([2H])([2H])C)ncnc2OCC([2H])([2H])Oc2ncc(C)cn2)c([2H])c([2H])c1Br. The summed E-state index contributed by atoms with van der Waals surface area (Å²) in [7, 11) is -4.97. The van der Waals surface area contributed by atoms with Gasteiger partial charge in [0.15, 0.2) is 5.82 Å². The number of rotatable bonds is 11. The molecule has 0 aliphatic heterocycles. The van der Waals surface area contributed by atoms with Crippen LogP contribution >= 0.6 is 15.9 Å². The first kappa shape index (κ1) is 13.7. The molecule has 0 radical (unpaired) electrons. The van der Waals surface area contributed by atoms with E-state index in [0.717, 1.165) is 13.3 Å². The van der Waals surface area contributed by atoms with Crippen molar-refractivity contribution in [2.75, 3.05) is 24.4 Å². The molecular weight excluding hydrogens is 500 g/mol. The summed E-state index contributed by atoms with van der Waals surface area (Å²) in [5.74, 6) is -1.32. The molecule has 0 aliphatic rings. The van der Waals surface area contributed by atoms with E-state index in [-0.39, 0.29) is 10.5 Å². The monoisotopic (exact) mass is 532 g/mol. The molecular formula is C20H23BrN6O4S. The molecule has 0 bridgehead atoms. The zero-order chi connectivity index (χ0) is 31.8. The number of aryl methyl sites for hydroxylation is 1. The van der Waals surface area contributed by atoms with Crippen molar-refractivity contribution >= 4 is 32.0 Å². The van der Waals surface area contributed by atoms with E-state index in [0.29, 0.717) is 5.56 Å². The van der Waals surface area contributed by atoms with Crippen LogP contribution in [0.15, 0.2) is 47.4 Å². The van der Waals surface area contributed by atoms with Crippen LogP contribution in [0.1, 0.15) is 32.6 Å². The van der Waals surface area contributed by atoms with Crippen molar-refractivity contribution in [3.05, 3.63) is 52.9 Å². The summed E-state index contributed by atoms with van der Waals surface area (Å²) in [5, 5.41) is 0. The molecule has 0 amide bonds. The molecule has 170 valence electrons. The number of ether oxygens (including phenoxy) is 2. The van der Waals surface area contributed by atoms with Gasteiger partial charge in [0.05, 0.1) is 13.8 Å². The van der Waals surface area contributed by atoms with Crippen LogP contribution in [-0.4, -0.2) is 48.0 Å². The molecule has 0 aliphatic carbocycles. The van der Waals surface area contributed by atoms with Crippen LogP contribution < -0.4 is 18.9 Å². The lowest BCUT2D eigenvalue weighted by Gasteiger charge is -2.15. The van der Waals surface area contributed by atoms with Gasteiger partial charge in [-0.25, -0.2) is 19.9 Å². The zero-order valence-electron chi connectivity index (χ0n) is 26.6. The van der Waals surface area contributed by atoms with E-state index in [2.05, 4.69) is 35.9 Å². The molecule has 0 saturated heterocycles. The largest absolute Gasteiger partial charge is 0.473 e. The highest BCUT2D eigenvalue weighted by atomic mass is 79.9. The lowest BCUT2D eigenvalue weighted by atomic mass is 10.1. The molecule has 0 atom stereocenters. The molecule has 0 spiro atoms.